The van der Waals surface area contributed by atoms with Gasteiger partial charge in [0.05, 0.1) is 16.7 Å². The molecular formula is C46H30N2O. The van der Waals surface area contributed by atoms with E-state index in [9.17, 15) is 0 Å². The van der Waals surface area contributed by atoms with Gasteiger partial charge in [-0.1, -0.05) is 115 Å². The fourth-order valence-corrected chi connectivity index (χ4v) is 7.52. The molecule has 0 atom stereocenters. The molecule has 0 aliphatic carbocycles. The Morgan fingerprint density at radius 2 is 1.06 bits per heavy atom. The highest BCUT2D eigenvalue weighted by Gasteiger charge is 2.20. The number of aromatic nitrogens is 1. The topological polar surface area (TPSA) is 21.3 Å². The zero-order chi connectivity index (χ0) is 32.3. The first-order chi connectivity index (χ1) is 24.3. The quantitative estimate of drug-likeness (QED) is 0.190. The van der Waals surface area contributed by atoms with Gasteiger partial charge in [-0.25, -0.2) is 0 Å². The maximum Gasteiger partial charge on any atom is 0.136 e. The first-order valence-corrected chi connectivity index (χ1v) is 16.7. The third-order valence-corrected chi connectivity index (χ3v) is 9.75. The Morgan fingerprint density at radius 1 is 0.408 bits per heavy atom. The Labute approximate surface area is 283 Å². The predicted octanol–water partition coefficient (Wildman–Crippen LogP) is 13.0. The van der Waals surface area contributed by atoms with E-state index in [1.807, 2.05) is 12.1 Å². The van der Waals surface area contributed by atoms with Crippen molar-refractivity contribution in [3.05, 3.63) is 182 Å². The molecule has 0 radical (unpaired) electrons. The highest BCUT2D eigenvalue weighted by atomic mass is 16.3. The molecule has 0 aliphatic rings. The summed E-state index contributed by atoms with van der Waals surface area (Å²) in [5.74, 6) is 0. The predicted molar refractivity (Wildman–Crippen MR) is 206 cm³/mol. The molecule has 10 rings (SSSR count). The minimum atomic E-state index is 0.888. The molecule has 3 nitrogen and oxygen atoms in total. The van der Waals surface area contributed by atoms with Crippen molar-refractivity contribution in [1.82, 2.24) is 4.57 Å². The molecule has 0 aliphatic heterocycles. The van der Waals surface area contributed by atoms with Crippen molar-refractivity contribution >= 4 is 71.6 Å². The van der Waals surface area contributed by atoms with Crippen LogP contribution in [-0.2, 0) is 0 Å². The number of para-hydroxylation sites is 4. The SMILES string of the molecule is c1cc(N(c2ccc3ccccc3c2)c2ccccc2-c2ccc3c(c2)oc2ccccc23)cc(-n2c3ccccc3c3ccccc32)c1. The van der Waals surface area contributed by atoms with Gasteiger partial charge < -0.3 is 13.9 Å². The van der Waals surface area contributed by atoms with Crippen molar-refractivity contribution < 1.29 is 4.42 Å². The zero-order valence-corrected chi connectivity index (χ0v) is 26.6. The van der Waals surface area contributed by atoms with E-state index in [0.717, 1.165) is 55.8 Å². The fourth-order valence-electron chi connectivity index (χ4n) is 7.52. The fraction of sp³-hybridized carbons (Fsp3) is 0. The van der Waals surface area contributed by atoms with Crippen molar-refractivity contribution in [1.29, 1.82) is 0 Å². The van der Waals surface area contributed by atoms with Gasteiger partial charge in [0.1, 0.15) is 11.2 Å². The molecule has 230 valence electrons. The summed E-state index contributed by atoms with van der Waals surface area (Å²) in [5.41, 5.74) is 10.8. The van der Waals surface area contributed by atoms with Gasteiger partial charge in [0.15, 0.2) is 0 Å². The second-order valence-corrected chi connectivity index (χ2v) is 12.6. The second kappa shape index (κ2) is 11.0. The highest BCUT2D eigenvalue weighted by molar-refractivity contribution is 6.09. The van der Waals surface area contributed by atoms with E-state index in [0.29, 0.717) is 0 Å². The Hall–Kier alpha value is -6.58. The van der Waals surface area contributed by atoms with E-state index >= 15 is 0 Å². The summed E-state index contributed by atoms with van der Waals surface area (Å²) in [6, 6.07) is 65.1. The molecule has 0 N–H and O–H groups in total. The Morgan fingerprint density at radius 3 is 1.90 bits per heavy atom. The van der Waals surface area contributed by atoms with Gasteiger partial charge in [0.25, 0.3) is 0 Å². The van der Waals surface area contributed by atoms with Gasteiger partial charge >= 0.3 is 0 Å². The minimum absolute atomic E-state index is 0.888. The van der Waals surface area contributed by atoms with E-state index in [4.69, 9.17) is 4.42 Å². The average molecular weight is 627 g/mol. The van der Waals surface area contributed by atoms with Crippen LogP contribution in [0.15, 0.2) is 186 Å². The van der Waals surface area contributed by atoms with Crippen LogP contribution in [-0.4, -0.2) is 4.57 Å². The van der Waals surface area contributed by atoms with Crippen LogP contribution in [0.25, 0.3) is 71.3 Å². The molecule has 10 aromatic rings. The van der Waals surface area contributed by atoms with Gasteiger partial charge in [-0.2, -0.15) is 0 Å². The lowest BCUT2D eigenvalue weighted by atomic mass is 10.00. The molecule has 0 unspecified atom stereocenters. The van der Waals surface area contributed by atoms with Gasteiger partial charge in [0.2, 0.25) is 0 Å². The Kier molecular flexibility index (Phi) is 6.18. The van der Waals surface area contributed by atoms with E-state index in [1.165, 1.54) is 32.6 Å². The van der Waals surface area contributed by atoms with Crippen LogP contribution < -0.4 is 4.90 Å². The highest BCUT2D eigenvalue weighted by Crippen LogP contribution is 2.44. The van der Waals surface area contributed by atoms with Crippen molar-refractivity contribution in [2.75, 3.05) is 4.90 Å². The number of nitrogens with zero attached hydrogens (tertiary/aromatic N) is 2. The molecule has 0 saturated carbocycles. The van der Waals surface area contributed by atoms with Gasteiger partial charge in [-0.15, -0.1) is 0 Å². The van der Waals surface area contributed by atoms with Crippen LogP contribution in [0.3, 0.4) is 0 Å². The zero-order valence-electron chi connectivity index (χ0n) is 26.6. The summed E-state index contributed by atoms with van der Waals surface area (Å²) in [6.45, 7) is 0. The normalized spacial score (nSPS) is 11.7. The van der Waals surface area contributed by atoms with E-state index < -0.39 is 0 Å². The van der Waals surface area contributed by atoms with E-state index in [1.54, 1.807) is 0 Å². The molecule has 0 amide bonds. The van der Waals surface area contributed by atoms with E-state index in [-0.39, 0.29) is 0 Å². The lowest BCUT2D eigenvalue weighted by Gasteiger charge is -2.28. The largest absolute Gasteiger partial charge is 0.456 e. The summed E-state index contributed by atoms with van der Waals surface area (Å²) < 4.78 is 8.73. The lowest BCUT2D eigenvalue weighted by Crippen LogP contribution is -2.11. The molecular weight excluding hydrogens is 597 g/mol. The molecule has 49 heavy (non-hydrogen) atoms. The van der Waals surface area contributed by atoms with E-state index in [2.05, 4.69) is 179 Å². The number of rotatable bonds is 5. The number of hydrogen-bond acceptors (Lipinski definition) is 2. The van der Waals surface area contributed by atoms with Crippen molar-refractivity contribution in [2.24, 2.45) is 0 Å². The molecule has 3 heteroatoms. The van der Waals surface area contributed by atoms with Gasteiger partial charge in [-0.3, -0.25) is 0 Å². The van der Waals surface area contributed by atoms with Crippen LogP contribution in [0.4, 0.5) is 17.1 Å². The minimum Gasteiger partial charge on any atom is -0.456 e. The van der Waals surface area contributed by atoms with Crippen LogP contribution >= 0.6 is 0 Å². The summed E-state index contributed by atoms with van der Waals surface area (Å²) in [4.78, 5) is 2.39. The molecule has 0 saturated heterocycles. The van der Waals surface area contributed by atoms with Crippen molar-refractivity contribution in [3.63, 3.8) is 0 Å². The number of anilines is 3. The van der Waals surface area contributed by atoms with Crippen molar-refractivity contribution in [3.8, 4) is 16.8 Å². The van der Waals surface area contributed by atoms with Crippen LogP contribution in [0.5, 0.6) is 0 Å². The third-order valence-electron chi connectivity index (χ3n) is 9.75. The number of benzene rings is 8. The maximum atomic E-state index is 6.34. The molecule has 0 bridgehead atoms. The molecule has 8 aromatic carbocycles. The first-order valence-electron chi connectivity index (χ1n) is 16.7. The average Bonchev–Trinajstić information content (AvgIpc) is 3.71. The van der Waals surface area contributed by atoms with Gasteiger partial charge in [-0.05, 0) is 83.1 Å². The number of hydrogen-bond donors (Lipinski definition) is 0. The Bertz CT molecular complexity index is 2800. The van der Waals surface area contributed by atoms with Crippen LogP contribution in [0, 0.1) is 0 Å². The summed E-state index contributed by atoms with van der Waals surface area (Å²) >= 11 is 0. The summed E-state index contributed by atoms with van der Waals surface area (Å²) in [6.07, 6.45) is 0. The van der Waals surface area contributed by atoms with Crippen LogP contribution in [0.1, 0.15) is 0 Å². The van der Waals surface area contributed by atoms with Crippen molar-refractivity contribution in [2.45, 2.75) is 0 Å². The molecule has 2 aromatic heterocycles. The van der Waals surface area contributed by atoms with Crippen LogP contribution in [0.2, 0.25) is 0 Å². The standard InChI is InChI=1S/C46H30N2O/c1-2-13-32-28-36(26-24-31(32)12-1)47(34-14-11-15-35(30-34)48-43-21-8-4-17-38(43)39-18-5-9-22-44(39)48)42-20-7-3-16-37(42)33-25-27-41-40-19-6-10-23-45(40)49-46(41)29-33/h1-30H. The summed E-state index contributed by atoms with van der Waals surface area (Å²) in [7, 11) is 0. The lowest BCUT2D eigenvalue weighted by molar-refractivity contribution is 0.669. The first kappa shape index (κ1) is 27.5. The number of furan rings is 1. The Balaban J connectivity index is 1.20. The maximum absolute atomic E-state index is 6.34. The third kappa shape index (κ3) is 4.44. The monoisotopic (exact) mass is 626 g/mol. The molecule has 2 heterocycles. The molecule has 0 spiro atoms. The number of fused-ring (bicyclic) bond motifs is 7. The smallest absolute Gasteiger partial charge is 0.136 e. The second-order valence-electron chi connectivity index (χ2n) is 12.6. The molecule has 0 fully saturated rings. The summed E-state index contributed by atoms with van der Waals surface area (Å²) in [5, 5.41) is 7.18. The van der Waals surface area contributed by atoms with Gasteiger partial charge in [0, 0.05) is 44.2 Å².